The fourth-order valence-corrected chi connectivity index (χ4v) is 2.16. The van der Waals surface area contributed by atoms with Gasteiger partial charge in [0.05, 0.1) is 6.20 Å². The van der Waals surface area contributed by atoms with Crippen LogP contribution in [-0.2, 0) is 0 Å². The van der Waals surface area contributed by atoms with E-state index in [-0.39, 0.29) is 11.5 Å². The molecule has 0 aliphatic rings. The highest BCUT2D eigenvalue weighted by molar-refractivity contribution is 6.05. The third kappa shape index (κ3) is 2.01. The van der Waals surface area contributed by atoms with Gasteiger partial charge in [-0.3, -0.25) is 4.79 Å². The molecule has 0 spiro atoms. The summed E-state index contributed by atoms with van der Waals surface area (Å²) >= 11 is 0. The maximum absolute atomic E-state index is 13.8. The summed E-state index contributed by atoms with van der Waals surface area (Å²) in [5.74, 6) is -0.944. The summed E-state index contributed by atoms with van der Waals surface area (Å²) in [4.78, 5) is 15.3. The fourth-order valence-electron chi connectivity index (χ4n) is 2.16. The molecule has 0 aliphatic heterocycles. The average Bonchev–Trinajstić information content (AvgIpc) is 2.46. The Morgan fingerprint density at radius 1 is 1.20 bits per heavy atom. The number of rotatable bonds is 2. The molecule has 3 aromatic rings. The van der Waals surface area contributed by atoms with Gasteiger partial charge in [-0.05, 0) is 29.1 Å². The summed E-state index contributed by atoms with van der Waals surface area (Å²) in [6, 6.07) is 13.4. The number of carbonyl (C=O) groups excluding carboxylic acids is 1. The molecule has 1 aromatic heterocycles. The third-order valence-corrected chi connectivity index (χ3v) is 3.12. The molecule has 20 heavy (non-hydrogen) atoms. The van der Waals surface area contributed by atoms with Gasteiger partial charge in [-0.25, -0.2) is 9.37 Å². The molecule has 0 bridgehead atoms. The van der Waals surface area contributed by atoms with E-state index < -0.39 is 5.91 Å². The molecule has 0 fully saturated rings. The van der Waals surface area contributed by atoms with Gasteiger partial charge in [0.15, 0.2) is 0 Å². The lowest BCUT2D eigenvalue weighted by atomic mass is 10.0. The molecule has 0 aliphatic carbocycles. The number of halogens is 1. The molecule has 1 radical (unpaired) electrons. The Morgan fingerprint density at radius 2 is 2.00 bits per heavy atom. The van der Waals surface area contributed by atoms with E-state index in [2.05, 4.69) is 11.2 Å². The molecule has 2 aromatic carbocycles. The smallest absolute Gasteiger partial charge is 0.267 e. The average molecular weight is 265 g/mol. The molecule has 3 nitrogen and oxygen atoms in total. The van der Waals surface area contributed by atoms with Gasteiger partial charge in [0, 0.05) is 10.9 Å². The Morgan fingerprint density at radius 3 is 2.75 bits per heavy atom. The van der Waals surface area contributed by atoms with Gasteiger partial charge < -0.3 is 5.73 Å². The first-order chi connectivity index (χ1) is 9.66. The number of carbonyl (C=O) groups is 1. The molecule has 0 unspecified atom stereocenters. The molecule has 4 heteroatoms. The van der Waals surface area contributed by atoms with Gasteiger partial charge in [0.2, 0.25) is 0 Å². The quantitative estimate of drug-likeness (QED) is 0.774. The number of hydrogen-bond acceptors (Lipinski definition) is 2. The first kappa shape index (κ1) is 12.3. The minimum atomic E-state index is -0.627. The zero-order chi connectivity index (χ0) is 14.1. The highest BCUT2D eigenvalue weighted by Crippen LogP contribution is 2.27. The number of primary amides is 1. The number of nitrogens with two attached hydrogens (primary N) is 1. The van der Waals surface area contributed by atoms with Crippen molar-refractivity contribution in [2.45, 2.75) is 0 Å². The lowest BCUT2D eigenvalue weighted by Gasteiger charge is -2.07. The molecule has 1 amide bonds. The zero-order valence-corrected chi connectivity index (χ0v) is 10.4. The topological polar surface area (TPSA) is 56.0 Å². The number of benzene rings is 2. The maximum atomic E-state index is 13.8. The highest BCUT2D eigenvalue weighted by atomic mass is 19.1. The Labute approximate surface area is 114 Å². The Kier molecular flexibility index (Phi) is 2.91. The first-order valence-corrected chi connectivity index (χ1v) is 6.02. The standard InChI is InChI=1S/C16H10FN2O/c17-14-4-2-1-3-12(14)11-6-5-10-7-8-19-15(16(18)20)13(10)9-11/h1-7,9H,(H2,18,20). The van der Waals surface area contributed by atoms with Crippen molar-refractivity contribution >= 4 is 16.7 Å². The zero-order valence-electron chi connectivity index (χ0n) is 10.4. The van der Waals surface area contributed by atoms with Crippen LogP contribution in [0.25, 0.3) is 21.9 Å². The summed E-state index contributed by atoms with van der Waals surface area (Å²) < 4.78 is 13.8. The van der Waals surface area contributed by atoms with E-state index in [0.717, 1.165) is 5.39 Å². The van der Waals surface area contributed by atoms with Gasteiger partial charge >= 0.3 is 0 Å². The number of hydrogen-bond donors (Lipinski definition) is 1. The number of aromatic nitrogens is 1. The van der Waals surface area contributed by atoms with Gasteiger partial charge in [-0.15, -0.1) is 0 Å². The third-order valence-electron chi connectivity index (χ3n) is 3.12. The summed E-state index contributed by atoms with van der Waals surface area (Å²) in [7, 11) is 0. The van der Waals surface area contributed by atoms with Crippen molar-refractivity contribution in [1.29, 1.82) is 0 Å². The summed E-state index contributed by atoms with van der Waals surface area (Å²) in [5.41, 5.74) is 6.58. The van der Waals surface area contributed by atoms with E-state index in [1.165, 1.54) is 6.07 Å². The minimum absolute atomic E-state index is 0.140. The Bertz CT molecular complexity index is 814. The Hall–Kier alpha value is -2.75. The van der Waals surface area contributed by atoms with Crippen molar-refractivity contribution < 1.29 is 9.18 Å². The van der Waals surface area contributed by atoms with E-state index in [4.69, 9.17) is 5.73 Å². The normalized spacial score (nSPS) is 10.7. The van der Waals surface area contributed by atoms with Crippen LogP contribution in [0.3, 0.4) is 0 Å². The van der Waals surface area contributed by atoms with E-state index >= 15 is 0 Å². The second-order valence-corrected chi connectivity index (χ2v) is 4.38. The number of nitrogens with zero attached hydrogens (tertiary/aromatic N) is 1. The predicted octanol–water partition coefficient (Wildman–Crippen LogP) is 2.94. The van der Waals surface area contributed by atoms with Crippen LogP contribution in [0.1, 0.15) is 10.5 Å². The van der Waals surface area contributed by atoms with Crippen LogP contribution in [0.2, 0.25) is 0 Å². The SMILES string of the molecule is NC(=O)c1n[c]cc2ccc(-c3ccccc3F)cc12. The monoisotopic (exact) mass is 265 g/mol. The molecule has 1 heterocycles. The van der Waals surface area contributed by atoms with Gasteiger partial charge in [0.25, 0.3) is 5.91 Å². The van der Waals surface area contributed by atoms with Crippen LogP contribution in [0.4, 0.5) is 4.39 Å². The van der Waals surface area contributed by atoms with Crippen LogP contribution in [0, 0.1) is 12.0 Å². The van der Waals surface area contributed by atoms with Gasteiger partial charge in [-0.1, -0.05) is 30.3 Å². The van der Waals surface area contributed by atoms with E-state index in [1.807, 2.05) is 0 Å². The molecule has 3 rings (SSSR count). The van der Waals surface area contributed by atoms with Crippen molar-refractivity contribution in [3.63, 3.8) is 0 Å². The van der Waals surface area contributed by atoms with Crippen molar-refractivity contribution in [3.05, 3.63) is 66.2 Å². The van der Waals surface area contributed by atoms with Gasteiger partial charge in [-0.2, -0.15) is 0 Å². The molecule has 0 saturated carbocycles. The van der Waals surface area contributed by atoms with Crippen LogP contribution in [-0.4, -0.2) is 10.9 Å². The second kappa shape index (κ2) is 4.74. The molecular weight excluding hydrogens is 255 g/mol. The van der Waals surface area contributed by atoms with Crippen LogP contribution < -0.4 is 5.73 Å². The highest BCUT2D eigenvalue weighted by Gasteiger charge is 2.10. The largest absolute Gasteiger partial charge is 0.364 e. The Balaban J connectivity index is 2.27. The van der Waals surface area contributed by atoms with Crippen LogP contribution in [0.5, 0.6) is 0 Å². The number of fused-ring (bicyclic) bond motifs is 1. The lowest BCUT2D eigenvalue weighted by molar-refractivity contribution is 0.0997. The lowest BCUT2D eigenvalue weighted by Crippen LogP contribution is -2.13. The molecule has 0 saturated heterocycles. The predicted molar refractivity (Wildman–Crippen MR) is 74.5 cm³/mol. The summed E-state index contributed by atoms with van der Waals surface area (Å²) in [6.07, 6.45) is 2.63. The number of pyridine rings is 1. The second-order valence-electron chi connectivity index (χ2n) is 4.38. The minimum Gasteiger partial charge on any atom is -0.364 e. The van der Waals surface area contributed by atoms with E-state index in [1.54, 1.807) is 42.5 Å². The summed E-state index contributed by atoms with van der Waals surface area (Å²) in [5, 5.41) is 1.38. The molecular formula is C16H10FN2O. The van der Waals surface area contributed by atoms with Crippen molar-refractivity contribution in [1.82, 2.24) is 4.98 Å². The number of amides is 1. The molecule has 2 N–H and O–H groups in total. The van der Waals surface area contributed by atoms with Crippen molar-refractivity contribution in [3.8, 4) is 11.1 Å². The first-order valence-electron chi connectivity index (χ1n) is 6.02. The van der Waals surface area contributed by atoms with Crippen molar-refractivity contribution in [2.75, 3.05) is 0 Å². The van der Waals surface area contributed by atoms with E-state index in [9.17, 15) is 9.18 Å². The van der Waals surface area contributed by atoms with Crippen LogP contribution >= 0.6 is 0 Å². The van der Waals surface area contributed by atoms with Gasteiger partial charge in [0.1, 0.15) is 11.5 Å². The summed E-state index contributed by atoms with van der Waals surface area (Å²) in [6.45, 7) is 0. The van der Waals surface area contributed by atoms with Crippen molar-refractivity contribution in [2.24, 2.45) is 5.73 Å². The van der Waals surface area contributed by atoms with Crippen LogP contribution in [0.15, 0.2) is 48.5 Å². The molecule has 97 valence electrons. The van der Waals surface area contributed by atoms with E-state index in [0.29, 0.717) is 16.5 Å². The molecule has 0 atom stereocenters. The maximum Gasteiger partial charge on any atom is 0.267 e. The fraction of sp³-hybridized carbons (Fsp3) is 0.